The second kappa shape index (κ2) is 6.63. The summed E-state index contributed by atoms with van der Waals surface area (Å²) >= 11 is 0. The van der Waals surface area contributed by atoms with Crippen LogP contribution in [0.1, 0.15) is 30.0 Å². The molecule has 0 atom stereocenters. The molecule has 1 aliphatic heterocycles. The first-order valence-corrected chi connectivity index (χ1v) is 9.70. The smallest absolute Gasteiger partial charge is 0.133 e. The Morgan fingerprint density at radius 2 is 1.82 bits per heavy atom. The minimum Gasteiger partial charge on any atom is -0.317 e. The van der Waals surface area contributed by atoms with Gasteiger partial charge in [0.25, 0.3) is 0 Å². The Morgan fingerprint density at radius 3 is 2.64 bits per heavy atom. The molecule has 5 rings (SSSR count). The maximum atomic E-state index is 15.0. The molecule has 5 nitrogen and oxygen atoms in total. The molecule has 1 aliphatic rings. The predicted octanol–water partition coefficient (Wildman–Crippen LogP) is 4.10. The van der Waals surface area contributed by atoms with Crippen molar-refractivity contribution in [1.82, 2.24) is 25.3 Å². The molecule has 3 heterocycles. The van der Waals surface area contributed by atoms with Crippen molar-refractivity contribution in [1.29, 1.82) is 0 Å². The molecule has 0 unspecified atom stereocenters. The topological polar surface area (TPSA) is 55.6 Å². The number of nitrogens with zero attached hydrogens (tertiary/aromatic N) is 4. The molecule has 1 fully saturated rings. The Labute approximate surface area is 162 Å². The molecule has 2 aromatic carbocycles. The molecule has 0 aliphatic carbocycles. The standard InChI is InChI=1S/C22H22FN5/c1-13-7-15(8-17-12-28(2)27-22(13)17)16-9-19(23)18-11-20(25-26-21(18)10-16)14-3-5-24-6-4-14/h7-12,14,24H,3-6H2,1-2H3. The van der Waals surface area contributed by atoms with E-state index in [4.69, 9.17) is 0 Å². The fourth-order valence-corrected chi connectivity index (χ4v) is 4.20. The SMILES string of the molecule is Cc1cc(-c2cc(F)c3cc(C4CCNCC4)nnc3c2)cc2cn(C)nc12. The first-order valence-electron chi connectivity index (χ1n) is 9.70. The van der Waals surface area contributed by atoms with E-state index in [1.165, 1.54) is 0 Å². The molecule has 0 spiro atoms. The van der Waals surface area contributed by atoms with Crippen LogP contribution in [0.3, 0.4) is 0 Å². The van der Waals surface area contributed by atoms with Crippen LogP contribution in [0.4, 0.5) is 4.39 Å². The van der Waals surface area contributed by atoms with Gasteiger partial charge in [-0.15, -0.1) is 0 Å². The number of benzene rings is 2. The lowest BCUT2D eigenvalue weighted by molar-refractivity contribution is 0.451. The van der Waals surface area contributed by atoms with Crippen LogP contribution in [0.25, 0.3) is 32.9 Å². The fourth-order valence-electron chi connectivity index (χ4n) is 4.20. The Kier molecular flexibility index (Phi) is 4.09. The molecule has 0 bridgehead atoms. The number of nitrogens with one attached hydrogen (secondary N) is 1. The summed E-state index contributed by atoms with van der Waals surface area (Å²) in [4.78, 5) is 0. The van der Waals surface area contributed by atoms with Crippen LogP contribution >= 0.6 is 0 Å². The molecule has 2 aromatic heterocycles. The summed E-state index contributed by atoms with van der Waals surface area (Å²) in [5.41, 5.74) is 5.30. The highest BCUT2D eigenvalue weighted by Crippen LogP contribution is 2.31. The van der Waals surface area contributed by atoms with E-state index in [1.807, 2.05) is 44.4 Å². The van der Waals surface area contributed by atoms with Crippen molar-refractivity contribution in [2.45, 2.75) is 25.7 Å². The van der Waals surface area contributed by atoms with Gasteiger partial charge in [0.1, 0.15) is 5.82 Å². The number of rotatable bonds is 2. The minimum absolute atomic E-state index is 0.249. The van der Waals surface area contributed by atoms with Gasteiger partial charge in [-0.25, -0.2) is 4.39 Å². The zero-order valence-corrected chi connectivity index (χ0v) is 16.0. The van der Waals surface area contributed by atoms with Crippen molar-refractivity contribution in [3.8, 4) is 11.1 Å². The fraction of sp³-hybridized carbons (Fsp3) is 0.318. The second-order valence-corrected chi connectivity index (χ2v) is 7.72. The number of aromatic nitrogens is 4. The molecule has 28 heavy (non-hydrogen) atoms. The van der Waals surface area contributed by atoms with Crippen LogP contribution in [0.2, 0.25) is 0 Å². The van der Waals surface area contributed by atoms with E-state index in [0.717, 1.165) is 59.2 Å². The third-order valence-electron chi connectivity index (χ3n) is 5.68. The lowest BCUT2D eigenvalue weighted by atomic mass is 9.93. The highest BCUT2D eigenvalue weighted by atomic mass is 19.1. The van der Waals surface area contributed by atoms with Gasteiger partial charge in [0.15, 0.2) is 0 Å². The van der Waals surface area contributed by atoms with Crippen LogP contribution in [-0.2, 0) is 7.05 Å². The van der Waals surface area contributed by atoms with E-state index in [2.05, 4.69) is 20.6 Å². The Morgan fingerprint density at radius 1 is 1.04 bits per heavy atom. The molecule has 4 aromatic rings. The van der Waals surface area contributed by atoms with Crippen molar-refractivity contribution in [2.24, 2.45) is 7.05 Å². The van der Waals surface area contributed by atoms with Gasteiger partial charge in [-0.2, -0.15) is 15.3 Å². The molecular formula is C22H22FN5. The summed E-state index contributed by atoms with van der Waals surface area (Å²) in [6.07, 6.45) is 4.02. The zero-order valence-electron chi connectivity index (χ0n) is 16.0. The molecule has 6 heteroatoms. The van der Waals surface area contributed by atoms with Crippen molar-refractivity contribution >= 4 is 21.8 Å². The van der Waals surface area contributed by atoms with Gasteiger partial charge in [0.2, 0.25) is 0 Å². The average Bonchev–Trinajstić information content (AvgIpc) is 3.09. The summed E-state index contributed by atoms with van der Waals surface area (Å²) in [5, 5.41) is 18.2. The largest absolute Gasteiger partial charge is 0.317 e. The van der Waals surface area contributed by atoms with Gasteiger partial charge in [0.05, 0.1) is 16.7 Å². The number of hydrogen-bond acceptors (Lipinski definition) is 4. The molecule has 0 saturated carbocycles. The number of piperidine rings is 1. The van der Waals surface area contributed by atoms with Gasteiger partial charge in [-0.1, -0.05) is 0 Å². The van der Waals surface area contributed by atoms with Gasteiger partial charge in [-0.3, -0.25) is 4.68 Å². The summed E-state index contributed by atoms with van der Waals surface area (Å²) in [6.45, 7) is 3.98. The van der Waals surface area contributed by atoms with Gasteiger partial charge in [0, 0.05) is 29.9 Å². The Bertz CT molecular complexity index is 1190. The van der Waals surface area contributed by atoms with Crippen molar-refractivity contribution in [3.63, 3.8) is 0 Å². The zero-order chi connectivity index (χ0) is 19.3. The van der Waals surface area contributed by atoms with Gasteiger partial charge < -0.3 is 5.32 Å². The minimum atomic E-state index is -0.249. The van der Waals surface area contributed by atoms with E-state index in [0.29, 0.717) is 16.8 Å². The molecule has 142 valence electrons. The average molecular weight is 375 g/mol. The van der Waals surface area contributed by atoms with Crippen molar-refractivity contribution < 1.29 is 4.39 Å². The number of fused-ring (bicyclic) bond motifs is 2. The molecule has 0 radical (unpaired) electrons. The Balaban J connectivity index is 1.59. The van der Waals surface area contributed by atoms with Crippen LogP contribution in [0.15, 0.2) is 36.5 Å². The first-order chi connectivity index (χ1) is 13.6. The van der Waals surface area contributed by atoms with Crippen molar-refractivity contribution in [2.75, 3.05) is 13.1 Å². The van der Waals surface area contributed by atoms with E-state index in [-0.39, 0.29) is 5.82 Å². The van der Waals surface area contributed by atoms with E-state index < -0.39 is 0 Å². The third kappa shape index (κ3) is 2.94. The summed E-state index contributed by atoms with van der Waals surface area (Å²) in [7, 11) is 1.91. The van der Waals surface area contributed by atoms with Crippen LogP contribution in [0.5, 0.6) is 0 Å². The van der Waals surface area contributed by atoms with Crippen LogP contribution in [-0.4, -0.2) is 33.1 Å². The monoisotopic (exact) mass is 375 g/mol. The van der Waals surface area contributed by atoms with Crippen LogP contribution < -0.4 is 5.32 Å². The summed E-state index contributed by atoms with van der Waals surface area (Å²) in [6, 6.07) is 9.51. The maximum Gasteiger partial charge on any atom is 0.133 e. The normalized spacial score (nSPS) is 15.5. The van der Waals surface area contributed by atoms with E-state index >= 15 is 4.39 Å². The van der Waals surface area contributed by atoms with Gasteiger partial charge in [-0.05, 0) is 79.9 Å². The lowest BCUT2D eigenvalue weighted by Crippen LogP contribution is -2.27. The first kappa shape index (κ1) is 17.3. The van der Waals surface area contributed by atoms with E-state index in [1.54, 1.807) is 10.7 Å². The predicted molar refractivity (Wildman–Crippen MR) is 109 cm³/mol. The molecule has 1 saturated heterocycles. The number of halogens is 1. The Hall–Kier alpha value is -2.86. The highest BCUT2D eigenvalue weighted by molar-refractivity contribution is 5.90. The maximum absolute atomic E-state index is 15.0. The third-order valence-corrected chi connectivity index (χ3v) is 5.68. The lowest BCUT2D eigenvalue weighted by Gasteiger charge is -2.21. The second-order valence-electron chi connectivity index (χ2n) is 7.72. The highest BCUT2D eigenvalue weighted by Gasteiger charge is 2.19. The van der Waals surface area contributed by atoms with Gasteiger partial charge >= 0.3 is 0 Å². The molecule has 0 amide bonds. The summed E-state index contributed by atoms with van der Waals surface area (Å²) < 4.78 is 16.8. The number of hydrogen-bond donors (Lipinski definition) is 1. The van der Waals surface area contributed by atoms with Crippen molar-refractivity contribution in [3.05, 3.63) is 53.6 Å². The number of aryl methyl sites for hydroxylation is 2. The summed E-state index contributed by atoms with van der Waals surface area (Å²) in [5.74, 6) is 0.106. The van der Waals surface area contributed by atoms with E-state index in [9.17, 15) is 0 Å². The van der Waals surface area contributed by atoms with Crippen LogP contribution in [0, 0.1) is 12.7 Å². The quantitative estimate of drug-likeness (QED) is 0.573. The molecule has 1 N–H and O–H groups in total. The molecular weight excluding hydrogens is 353 g/mol.